The SMILES string of the molecule is CCOC(=O)C(N)(CN1CCC(N2CCCC2)C1)C1CC1. The molecule has 2 atom stereocenters. The minimum absolute atomic E-state index is 0.197. The summed E-state index contributed by atoms with van der Waals surface area (Å²) in [7, 11) is 0. The lowest BCUT2D eigenvalue weighted by atomic mass is 9.94. The van der Waals surface area contributed by atoms with Gasteiger partial charge in [0, 0.05) is 19.1 Å². The number of likely N-dealkylation sites (tertiary alicyclic amines) is 2. The van der Waals surface area contributed by atoms with Gasteiger partial charge in [-0.3, -0.25) is 9.80 Å². The van der Waals surface area contributed by atoms with Crippen molar-refractivity contribution in [2.45, 2.75) is 50.6 Å². The number of rotatable bonds is 6. The maximum atomic E-state index is 12.3. The number of nitrogens with zero attached hydrogens (tertiary/aromatic N) is 2. The lowest BCUT2D eigenvalue weighted by Gasteiger charge is -2.32. The van der Waals surface area contributed by atoms with E-state index in [-0.39, 0.29) is 5.97 Å². The lowest BCUT2D eigenvalue weighted by Crippen LogP contribution is -2.58. The van der Waals surface area contributed by atoms with Gasteiger partial charge in [0.25, 0.3) is 0 Å². The van der Waals surface area contributed by atoms with Gasteiger partial charge in [0.2, 0.25) is 0 Å². The first-order valence-corrected chi connectivity index (χ1v) is 8.56. The van der Waals surface area contributed by atoms with Gasteiger partial charge in [-0.2, -0.15) is 0 Å². The molecule has 3 rings (SSSR count). The summed E-state index contributed by atoms with van der Waals surface area (Å²) in [6.45, 7) is 7.54. The molecule has 1 aliphatic carbocycles. The first-order valence-electron chi connectivity index (χ1n) is 8.56. The fourth-order valence-electron chi connectivity index (χ4n) is 3.95. The van der Waals surface area contributed by atoms with E-state index in [1.807, 2.05) is 6.92 Å². The van der Waals surface area contributed by atoms with E-state index in [9.17, 15) is 4.79 Å². The minimum atomic E-state index is -0.782. The van der Waals surface area contributed by atoms with Crippen molar-refractivity contribution in [2.24, 2.45) is 11.7 Å². The predicted octanol–water partition coefficient (Wildman–Crippen LogP) is 0.827. The largest absolute Gasteiger partial charge is 0.465 e. The Hall–Kier alpha value is -0.650. The van der Waals surface area contributed by atoms with Crippen LogP contribution in [0.5, 0.6) is 0 Å². The Balaban J connectivity index is 1.57. The summed E-state index contributed by atoms with van der Waals surface area (Å²) in [6, 6.07) is 0.665. The van der Waals surface area contributed by atoms with E-state index in [2.05, 4.69) is 9.80 Å². The summed E-state index contributed by atoms with van der Waals surface area (Å²) in [4.78, 5) is 17.3. The van der Waals surface area contributed by atoms with Crippen LogP contribution in [0.25, 0.3) is 0 Å². The van der Waals surface area contributed by atoms with Crippen molar-refractivity contribution in [3.63, 3.8) is 0 Å². The van der Waals surface area contributed by atoms with E-state index in [0.717, 1.165) is 25.9 Å². The van der Waals surface area contributed by atoms with E-state index in [1.54, 1.807) is 0 Å². The summed E-state index contributed by atoms with van der Waals surface area (Å²) in [5.74, 6) is 0.125. The summed E-state index contributed by atoms with van der Waals surface area (Å²) >= 11 is 0. The van der Waals surface area contributed by atoms with Gasteiger partial charge in [-0.15, -0.1) is 0 Å². The van der Waals surface area contributed by atoms with Crippen molar-refractivity contribution in [1.29, 1.82) is 0 Å². The average molecular weight is 295 g/mol. The summed E-state index contributed by atoms with van der Waals surface area (Å²) < 4.78 is 5.24. The second-order valence-electron chi connectivity index (χ2n) is 6.96. The molecule has 0 aromatic heterocycles. The van der Waals surface area contributed by atoms with E-state index in [0.29, 0.717) is 25.1 Å². The molecule has 2 heterocycles. The van der Waals surface area contributed by atoms with Crippen LogP contribution in [0.2, 0.25) is 0 Å². The van der Waals surface area contributed by atoms with Crippen LogP contribution >= 0.6 is 0 Å². The van der Waals surface area contributed by atoms with Crippen LogP contribution in [0, 0.1) is 5.92 Å². The lowest BCUT2D eigenvalue weighted by molar-refractivity contribution is -0.151. The normalized spacial score (nSPS) is 30.5. The maximum absolute atomic E-state index is 12.3. The number of ether oxygens (including phenoxy) is 1. The van der Waals surface area contributed by atoms with Gasteiger partial charge in [0.1, 0.15) is 5.54 Å². The van der Waals surface area contributed by atoms with Crippen LogP contribution in [-0.4, -0.2) is 66.7 Å². The average Bonchev–Trinajstić information content (AvgIpc) is 3.00. The van der Waals surface area contributed by atoms with Crippen molar-refractivity contribution in [3.05, 3.63) is 0 Å². The van der Waals surface area contributed by atoms with E-state index >= 15 is 0 Å². The highest BCUT2D eigenvalue weighted by Gasteiger charge is 2.50. The Morgan fingerprint density at radius 3 is 2.57 bits per heavy atom. The van der Waals surface area contributed by atoms with E-state index in [4.69, 9.17) is 10.5 Å². The van der Waals surface area contributed by atoms with Crippen LogP contribution in [-0.2, 0) is 9.53 Å². The number of hydrogen-bond acceptors (Lipinski definition) is 5. The standard InChI is InChI=1S/C16H29N3O2/c1-2-21-15(20)16(17,13-5-6-13)12-18-10-7-14(11-18)19-8-3-4-9-19/h13-14H,2-12,17H2,1H3. The highest BCUT2D eigenvalue weighted by molar-refractivity contribution is 5.82. The molecule has 0 amide bonds. The summed E-state index contributed by atoms with van der Waals surface area (Å²) in [5.41, 5.74) is 5.70. The number of nitrogens with two attached hydrogens (primary N) is 1. The molecule has 2 aliphatic heterocycles. The number of carbonyl (C=O) groups excluding carboxylic acids is 1. The molecular weight excluding hydrogens is 266 g/mol. The molecule has 5 heteroatoms. The van der Waals surface area contributed by atoms with E-state index in [1.165, 1.54) is 32.4 Å². The molecule has 2 N–H and O–H groups in total. The van der Waals surface area contributed by atoms with Crippen LogP contribution in [0.15, 0.2) is 0 Å². The van der Waals surface area contributed by atoms with Crippen LogP contribution in [0.1, 0.15) is 39.0 Å². The van der Waals surface area contributed by atoms with Gasteiger partial charge in [-0.1, -0.05) is 0 Å². The molecule has 0 aromatic carbocycles. The molecule has 3 aliphatic rings. The molecule has 2 unspecified atom stereocenters. The highest BCUT2D eigenvalue weighted by Crippen LogP contribution is 2.40. The first-order chi connectivity index (χ1) is 10.1. The van der Waals surface area contributed by atoms with Crippen LogP contribution in [0.4, 0.5) is 0 Å². The summed E-state index contributed by atoms with van der Waals surface area (Å²) in [6.07, 6.45) is 6.02. The molecule has 120 valence electrons. The van der Waals surface area contributed by atoms with Crippen molar-refractivity contribution < 1.29 is 9.53 Å². The van der Waals surface area contributed by atoms with Gasteiger partial charge in [-0.05, 0) is 64.6 Å². The van der Waals surface area contributed by atoms with Crippen LogP contribution < -0.4 is 5.73 Å². The maximum Gasteiger partial charge on any atom is 0.327 e. The van der Waals surface area contributed by atoms with Gasteiger partial charge in [0.15, 0.2) is 0 Å². The quantitative estimate of drug-likeness (QED) is 0.736. The Morgan fingerprint density at radius 2 is 1.95 bits per heavy atom. The van der Waals surface area contributed by atoms with Gasteiger partial charge in [0.05, 0.1) is 6.61 Å². The zero-order chi connectivity index (χ0) is 14.9. The van der Waals surface area contributed by atoms with Gasteiger partial charge < -0.3 is 10.5 Å². The predicted molar refractivity (Wildman–Crippen MR) is 81.9 cm³/mol. The Labute approximate surface area is 127 Å². The topological polar surface area (TPSA) is 58.8 Å². The third-order valence-corrected chi connectivity index (χ3v) is 5.35. The molecule has 1 saturated carbocycles. The molecule has 0 spiro atoms. The monoisotopic (exact) mass is 295 g/mol. The fraction of sp³-hybridized carbons (Fsp3) is 0.938. The molecule has 2 saturated heterocycles. The second kappa shape index (κ2) is 6.23. The van der Waals surface area contributed by atoms with E-state index < -0.39 is 5.54 Å². The summed E-state index contributed by atoms with van der Waals surface area (Å²) in [5, 5.41) is 0. The first kappa shape index (κ1) is 15.3. The Morgan fingerprint density at radius 1 is 1.24 bits per heavy atom. The second-order valence-corrected chi connectivity index (χ2v) is 6.96. The molecule has 0 radical (unpaired) electrons. The number of esters is 1. The highest BCUT2D eigenvalue weighted by atomic mass is 16.5. The van der Waals surface area contributed by atoms with Crippen molar-refractivity contribution in [3.8, 4) is 0 Å². The van der Waals surface area contributed by atoms with Gasteiger partial charge in [-0.25, -0.2) is 4.79 Å². The van der Waals surface area contributed by atoms with Crippen molar-refractivity contribution >= 4 is 5.97 Å². The third-order valence-electron chi connectivity index (χ3n) is 5.35. The molecule has 0 aromatic rings. The number of hydrogen-bond donors (Lipinski definition) is 1. The molecule has 0 bridgehead atoms. The van der Waals surface area contributed by atoms with Gasteiger partial charge >= 0.3 is 5.97 Å². The minimum Gasteiger partial charge on any atom is -0.465 e. The Kier molecular flexibility index (Phi) is 4.52. The third kappa shape index (κ3) is 3.25. The smallest absolute Gasteiger partial charge is 0.327 e. The molecule has 5 nitrogen and oxygen atoms in total. The van der Waals surface area contributed by atoms with Crippen molar-refractivity contribution in [2.75, 3.05) is 39.3 Å². The van der Waals surface area contributed by atoms with Crippen LogP contribution in [0.3, 0.4) is 0 Å². The number of carbonyl (C=O) groups is 1. The molecule has 21 heavy (non-hydrogen) atoms. The zero-order valence-electron chi connectivity index (χ0n) is 13.2. The molecular formula is C16H29N3O2. The fourth-order valence-corrected chi connectivity index (χ4v) is 3.95. The van der Waals surface area contributed by atoms with Crippen molar-refractivity contribution in [1.82, 2.24) is 9.80 Å². The zero-order valence-corrected chi connectivity index (χ0v) is 13.2. The Bertz CT molecular complexity index is 380. The molecule has 3 fully saturated rings.